The molecule has 1 saturated carbocycles. The molecule has 1 unspecified atom stereocenters. The van der Waals surface area contributed by atoms with Gasteiger partial charge in [-0.2, -0.15) is 0 Å². The number of nitrogens with one attached hydrogen (secondary N) is 3. The zero-order chi connectivity index (χ0) is 17.0. The van der Waals surface area contributed by atoms with Gasteiger partial charge in [0.05, 0.1) is 6.54 Å². The predicted octanol–water partition coefficient (Wildman–Crippen LogP) is 1.69. The van der Waals surface area contributed by atoms with Gasteiger partial charge in [0.1, 0.15) is 5.82 Å². The summed E-state index contributed by atoms with van der Waals surface area (Å²) in [6, 6.07) is 7.18. The van der Waals surface area contributed by atoms with E-state index >= 15 is 0 Å². The van der Waals surface area contributed by atoms with Crippen LogP contribution in [-0.2, 0) is 10.2 Å². The molecule has 0 spiro atoms. The molecule has 1 aromatic carbocycles. The lowest BCUT2D eigenvalue weighted by molar-refractivity contribution is -0.122. The third-order valence-electron chi connectivity index (χ3n) is 4.79. The first-order valence-electron chi connectivity index (χ1n) is 8.69. The summed E-state index contributed by atoms with van der Waals surface area (Å²) in [5, 5.41) is 9.48. The summed E-state index contributed by atoms with van der Waals surface area (Å²) in [5.41, 5.74) is 0.614. The lowest BCUT2D eigenvalue weighted by Gasteiger charge is -2.25. The molecule has 0 bridgehead atoms. The largest absolute Gasteiger partial charge is 0.357 e. The summed E-state index contributed by atoms with van der Waals surface area (Å²) in [5.74, 6) is 0.700. The van der Waals surface area contributed by atoms with Gasteiger partial charge in [-0.1, -0.05) is 18.2 Å². The molecule has 1 amide bonds. The normalized spacial score (nSPS) is 22.7. The Morgan fingerprint density at radius 3 is 2.83 bits per heavy atom. The van der Waals surface area contributed by atoms with Gasteiger partial charge in [0, 0.05) is 31.0 Å². The van der Waals surface area contributed by atoms with Crippen molar-refractivity contribution in [3.8, 4) is 0 Å². The third kappa shape index (κ3) is 3.86. The first-order chi connectivity index (χ1) is 11.6. The fraction of sp³-hybridized carbons (Fsp3) is 0.556. The Labute approximate surface area is 142 Å². The quantitative estimate of drug-likeness (QED) is 0.568. The topological polar surface area (TPSA) is 65.5 Å². The van der Waals surface area contributed by atoms with Gasteiger partial charge in [0.25, 0.3) is 0 Å². The van der Waals surface area contributed by atoms with E-state index in [0.717, 1.165) is 37.3 Å². The first-order valence-corrected chi connectivity index (χ1v) is 8.69. The van der Waals surface area contributed by atoms with Crippen LogP contribution < -0.4 is 16.0 Å². The highest BCUT2D eigenvalue weighted by Crippen LogP contribution is 2.49. The molecule has 1 heterocycles. The highest BCUT2D eigenvalue weighted by molar-refractivity contribution is 5.81. The minimum Gasteiger partial charge on any atom is -0.357 e. The second kappa shape index (κ2) is 7.20. The Bertz CT molecular complexity index is 617. The van der Waals surface area contributed by atoms with E-state index < -0.39 is 0 Å². The van der Waals surface area contributed by atoms with Crippen molar-refractivity contribution in [2.45, 2.75) is 44.1 Å². The van der Waals surface area contributed by atoms with Crippen molar-refractivity contribution in [1.82, 2.24) is 16.0 Å². The fourth-order valence-electron chi connectivity index (χ4n) is 3.15. The molecule has 1 atom stereocenters. The molecular weight excluding hydrogens is 307 g/mol. The molecule has 5 nitrogen and oxygen atoms in total. The highest BCUT2D eigenvalue weighted by Gasteiger charge is 2.45. The molecule has 1 aliphatic heterocycles. The smallest absolute Gasteiger partial charge is 0.220 e. The minimum atomic E-state index is -0.158. The van der Waals surface area contributed by atoms with E-state index in [2.05, 4.69) is 16.0 Å². The van der Waals surface area contributed by atoms with Crippen LogP contribution >= 0.6 is 0 Å². The second-order valence-electron chi connectivity index (χ2n) is 6.64. The van der Waals surface area contributed by atoms with Crippen LogP contribution in [-0.4, -0.2) is 37.5 Å². The van der Waals surface area contributed by atoms with Gasteiger partial charge in [-0.3, -0.25) is 9.79 Å². The van der Waals surface area contributed by atoms with E-state index in [-0.39, 0.29) is 23.2 Å². The van der Waals surface area contributed by atoms with Crippen LogP contribution in [0.15, 0.2) is 29.3 Å². The monoisotopic (exact) mass is 332 g/mol. The number of halogens is 1. The number of aliphatic imine (C=N–C) groups is 1. The van der Waals surface area contributed by atoms with Gasteiger partial charge in [-0.05, 0) is 37.8 Å². The lowest BCUT2D eigenvalue weighted by atomic mass is 9.95. The van der Waals surface area contributed by atoms with Gasteiger partial charge in [0.15, 0.2) is 5.96 Å². The molecule has 1 aliphatic carbocycles. The van der Waals surface area contributed by atoms with Crippen molar-refractivity contribution in [2.24, 2.45) is 4.99 Å². The van der Waals surface area contributed by atoms with Gasteiger partial charge in [-0.15, -0.1) is 0 Å². The summed E-state index contributed by atoms with van der Waals surface area (Å²) in [7, 11) is 0. The summed E-state index contributed by atoms with van der Waals surface area (Å²) >= 11 is 0. The molecule has 1 aromatic rings. The highest BCUT2D eigenvalue weighted by atomic mass is 19.1. The Hall–Kier alpha value is -2.11. The fourth-order valence-corrected chi connectivity index (χ4v) is 3.15. The number of carbonyl (C=O) groups is 1. The van der Waals surface area contributed by atoms with E-state index in [0.29, 0.717) is 19.5 Å². The Morgan fingerprint density at radius 1 is 1.42 bits per heavy atom. The SMILES string of the molecule is CCNC(=NCC1(c2ccccc2F)CC1)NC1CCC(=O)NC1. The average Bonchev–Trinajstić information content (AvgIpc) is 3.36. The number of hydrogen-bond acceptors (Lipinski definition) is 2. The summed E-state index contributed by atoms with van der Waals surface area (Å²) < 4.78 is 14.1. The van der Waals surface area contributed by atoms with Crippen molar-refractivity contribution in [2.75, 3.05) is 19.6 Å². The maximum Gasteiger partial charge on any atom is 0.220 e. The lowest BCUT2D eigenvalue weighted by Crippen LogP contribution is -2.51. The Morgan fingerprint density at radius 2 is 2.21 bits per heavy atom. The molecule has 24 heavy (non-hydrogen) atoms. The van der Waals surface area contributed by atoms with Crippen LogP contribution in [0.3, 0.4) is 0 Å². The van der Waals surface area contributed by atoms with Crippen LogP contribution in [0, 0.1) is 5.82 Å². The predicted molar refractivity (Wildman–Crippen MR) is 92.5 cm³/mol. The van der Waals surface area contributed by atoms with Crippen LogP contribution in [0.2, 0.25) is 0 Å². The first kappa shape index (κ1) is 16.7. The molecule has 130 valence electrons. The molecule has 6 heteroatoms. The number of carbonyl (C=O) groups excluding carboxylic acids is 1. The molecule has 2 fully saturated rings. The summed E-state index contributed by atoms with van der Waals surface area (Å²) in [4.78, 5) is 15.9. The molecular formula is C18H25FN4O. The summed E-state index contributed by atoms with van der Waals surface area (Å²) in [6.45, 7) is 3.96. The van der Waals surface area contributed by atoms with Crippen molar-refractivity contribution < 1.29 is 9.18 Å². The second-order valence-corrected chi connectivity index (χ2v) is 6.64. The number of piperidine rings is 1. The van der Waals surface area contributed by atoms with Gasteiger partial charge >= 0.3 is 0 Å². The molecule has 3 N–H and O–H groups in total. The standard InChI is InChI=1S/C18H25FN4O/c1-2-20-17(23-13-7-8-16(24)21-11-13)22-12-18(9-10-18)14-5-3-4-6-15(14)19/h3-6,13H,2,7-12H2,1H3,(H,21,24)(H2,20,22,23). The number of nitrogens with zero attached hydrogens (tertiary/aromatic N) is 1. The number of guanidine groups is 1. The van der Waals surface area contributed by atoms with E-state index in [4.69, 9.17) is 4.99 Å². The van der Waals surface area contributed by atoms with E-state index in [1.54, 1.807) is 6.07 Å². The van der Waals surface area contributed by atoms with Crippen LogP contribution in [0.4, 0.5) is 4.39 Å². The number of benzene rings is 1. The zero-order valence-corrected chi connectivity index (χ0v) is 14.1. The van der Waals surface area contributed by atoms with Gasteiger partial charge in [-0.25, -0.2) is 4.39 Å². The molecule has 2 aliphatic rings. The maximum atomic E-state index is 14.1. The number of rotatable bonds is 5. The van der Waals surface area contributed by atoms with E-state index in [1.165, 1.54) is 6.07 Å². The minimum absolute atomic E-state index is 0.103. The van der Waals surface area contributed by atoms with E-state index in [9.17, 15) is 9.18 Å². The molecule has 3 rings (SSSR count). The van der Waals surface area contributed by atoms with Crippen molar-refractivity contribution in [3.05, 3.63) is 35.6 Å². The van der Waals surface area contributed by atoms with E-state index in [1.807, 2.05) is 19.1 Å². The van der Waals surface area contributed by atoms with Gasteiger partial charge in [0.2, 0.25) is 5.91 Å². The number of amides is 1. The summed E-state index contributed by atoms with van der Waals surface area (Å²) in [6.07, 6.45) is 3.28. The van der Waals surface area contributed by atoms with Crippen LogP contribution in [0.1, 0.15) is 38.2 Å². The average molecular weight is 332 g/mol. The maximum absolute atomic E-state index is 14.1. The molecule has 0 aromatic heterocycles. The Balaban J connectivity index is 1.65. The Kier molecular flexibility index (Phi) is 5.02. The third-order valence-corrected chi connectivity index (χ3v) is 4.79. The zero-order valence-electron chi connectivity index (χ0n) is 14.1. The van der Waals surface area contributed by atoms with Crippen molar-refractivity contribution in [1.29, 1.82) is 0 Å². The molecule has 1 saturated heterocycles. The van der Waals surface area contributed by atoms with Crippen LogP contribution in [0.25, 0.3) is 0 Å². The van der Waals surface area contributed by atoms with Gasteiger partial charge < -0.3 is 16.0 Å². The van der Waals surface area contributed by atoms with Crippen molar-refractivity contribution in [3.63, 3.8) is 0 Å². The number of hydrogen-bond donors (Lipinski definition) is 3. The van der Waals surface area contributed by atoms with Crippen LogP contribution in [0.5, 0.6) is 0 Å². The molecule has 0 radical (unpaired) electrons. The van der Waals surface area contributed by atoms with Crippen molar-refractivity contribution >= 4 is 11.9 Å².